The van der Waals surface area contributed by atoms with Gasteiger partial charge in [-0.15, -0.1) is 0 Å². The predicted octanol–water partition coefficient (Wildman–Crippen LogP) is -1.05. The number of nitrogens with one attached hydrogen (secondary N) is 1. The molecule has 1 aliphatic heterocycles. The molecule has 0 bridgehead atoms. The van der Waals surface area contributed by atoms with Crippen LogP contribution in [0.3, 0.4) is 0 Å². The molecule has 0 aromatic carbocycles. The average Bonchev–Trinajstić information content (AvgIpc) is 2.92. The van der Waals surface area contributed by atoms with Crippen molar-refractivity contribution in [1.82, 2.24) is 10.2 Å². The number of aliphatic carboxylic acids is 1. The second-order valence-corrected chi connectivity index (χ2v) is 3.92. The molecule has 6 heteroatoms. The summed E-state index contributed by atoms with van der Waals surface area (Å²) in [5.41, 5.74) is 0. The lowest BCUT2D eigenvalue weighted by molar-refractivity contribution is -0.148. The molecule has 0 radical (unpaired) electrons. The first-order valence-corrected chi connectivity index (χ1v) is 4.89. The highest BCUT2D eigenvalue weighted by Gasteiger charge is 2.41. The lowest BCUT2D eigenvalue weighted by Crippen LogP contribution is -2.59. The van der Waals surface area contributed by atoms with Crippen LogP contribution in [0.25, 0.3) is 0 Å². The van der Waals surface area contributed by atoms with E-state index in [1.807, 2.05) is 0 Å². The monoisotopic (exact) mass is 212 g/mol. The van der Waals surface area contributed by atoms with Crippen LogP contribution in [-0.2, 0) is 14.4 Å². The lowest BCUT2D eigenvalue weighted by atomic mass is 10.1. The average molecular weight is 212 g/mol. The van der Waals surface area contributed by atoms with Crippen LogP contribution in [0.4, 0.5) is 0 Å². The molecule has 2 N–H and O–H groups in total. The van der Waals surface area contributed by atoms with Crippen molar-refractivity contribution in [3.05, 3.63) is 0 Å². The van der Waals surface area contributed by atoms with E-state index >= 15 is 0 Å². The summed E-state index contributed by atoms with van der Waals surface area (Å²) in [5, 5.41) is 11.0. The van der Waals surface area contributed by atoms with Gasteiger partial charge < -0.3 is 15.3 Å². The van der Waals surface area contributed by atoms with E-state index in [0.717, 1.165) is 12.8 Å². The fourth-order valence-electron chi connectivity index (χ4n) is 1.74. The molecule has 1 aliphatic carbocycles. The number of carbonyl (C=O) groups excluding carboxylic acids is 2. The summed E-state index contributed by atoms with van der Waals surface area (Å²) in [6, 6.07) is -0.732. The molecule has 1 saturated carbocycles. The van der Waals surface area contributed by atoms with Crippen LogP contribution in [0, 0.1) is 0 Å². The van der Waals surface area contributed by atoms with E-state index in [0.29, 0.717) is 0 Å². The number of nitrogens with zero attached hydrogens (tertiary/aromatic N) is 1. The van der Waals surface area contributed by atoms with Gasteiger partial charge in [-0.2, -0.15) is 0 Å². The molecule has 0 aromatic heterocycles. The smallest absolute Gasteiger partial charge is 0.305 e. The summed E-state index contributed by atoms with van der Waals surface area (Å²) < 4.78 is 0. The Morgan fingerprint density at radius 1 is 1.47 bits per heavy atom. The Bertz CT molecular complexity index is 322. The van der Waals surface area contributed by atoms with Gasteiger partial charge in [0.05, 0.1) is 13.0 Å². The number of piperazine rings is 1. The van der Waals surface area contributed by atoms with Gasteiger partial charge in [-0.3, -0.25) is 14.4 Å². The predicted molar refractivity (Wildman–Crippen MR) is 48.9 cm³/mol. The molecule has 1 heterocycles. The van der Waals surface area contributed by atoms with Crippen molar-refractivity contribution < 1.29 is 19.5 Å². The van der Waals surface area contributed by atoms with Gasteiger partial charge >= 0.3 is 5.97 Å². The number of carboxylic acids is 1. The molecule has 2 fully saturated rings. The molecule has 6 nitrogen and oxygen atoms in total. The van der Waals surface area contributed by atoms with Crippen LogP contribution in [-0.4, -0.2) is 46.4 Å². The Morgan fingerprint density at radius 2 is 2.13 bits per heavy atom. The Morgan fingerprint density at radius 3 is 2.67 bits per heavy atom. The molecule has 2 rings (SSSR count). The summed E-state index contributed by atoms with van der Waals surface area (Å²) in [4.78, 5) is 35.0. The summed E-state index contributed by atoms with van der Waals surface area (Å²) in [7, 11) is 0. The quantitative estimate of drug-likeness (QED) is 0.625. The minimum absolute atomic E-state index is 0.0691. The van der Waals surface area contributed by atoms with Crippen LogP contribution in [0.1, 0.15) is 19.3 Å². The van der Waals surface area contributed by atoms with Crippen molar-refractivity contribution >= 4 is 17.8 Å². The van der Waals surface area contributed by atoms with Crippen LogP contribution in [0.5, 0.6) is 0 Å². The van der Waals surface area contributed by atoms with Crippen molar-refractivity contribution in [3.63, 3.8) is 0 Å². The fraction of sp³-hybridized carbons (Fsp3) is 0.667. The van der Waals surface area contributed by atoms with Crippen molar-refractivity contribution in [2.24, 2.45) is 0 Å². The third kappa shape index (κ3) is 2.08. The van der Waals surface area contributed by atoms with Crippen LogP contribution in [0.15, 0.2) is 0 Å². The molecule has 0 spiro atoms. The van der Waals surface area contributed by atoms with Gasteiger partial charge in [0.1, 0.15) is 6.04 Å². The molecule has 15 heavy (non-hydrogen) atoms. The first-order valence-electron chi connectivity index (χ1n) is 4.89. The molecule has 0 unspecified atom stereocenters. The Kier molecular flexibility index (Phi) is 2.34. The lowest BCUT2D eigenvalue weighted by Gasteiger charge is -2.31. The SMILES string of the molecule is O=C(O)C[C@@H]1NC(=O)CN(C2CC2)C1=O. The summed E-state index contributed by atoms with van der Waals surface area (Å²) in [6.07, 6.45) is 1.49. The van der Waals surface area contributed by atoms with E-state index < -0.39 is 12.0 Å². The molecular weight excluding hydrogens is 200 g/mol. The highest BCUT2D eigenvalue weighted by molar-refractivity contribution is 5.97. The highest BCUT2D eigenvalue weighted by atomic mass is 16.4. The van der Waals surface area contributed by atoms with Gasteiger partial charge in [0.2, 0.25) is 11.8 Å². The zero-order chi connectivity index (χ0) is 11.0. The van der Waals surface area contributed by atoms with E-state index in [4.69, 9.17) is 5.11 Å². The normalized spacial score (nSPS) is 26.4. The summed E-state index contributed by atoms with van der Waals surface area (Å²) in [5.74, 6) is -1.61. The van der Waals surface area contributed by atoms with Crippen molar-refractivity contribution in [2.45, 2.75) is 31.3 Å². The largest absolute Gasteiger partial charge is 0.481 e. The Labute approximate surface area is 86.2 Å². The number of carboxylic acid groups (broad SMARTS) is 1. The van der Waals surface area contributed by atoms with Crippen LogP contribution >= 0.6 is 0 Å². The second kappa shape index (κ2) is 3.52. The number of rotatable bonds is 3. The fourth-order valence-corrected chi connectivity index (χ4v) is 1.74. The third-order valence-electron chi connectivity index (χ3n) is 2.60. The van der Waals surface area contributed by atoms with Crippen LogP contribution < -0.4 is 5.32 Å². The number of carbonyl (C=O) groups is 3. The maximum Gasteiger partial charge on any atom is 0.305 e. The van der Waals surface area contributed by atoms with Gasteiger partial charge in [-0.05, 0) is 12.8 Å². The first kappa shape index (κ1) is 9.95. The number of hydrogen-bond donors (Lipinski definition) is 2. The zero-order valence-corrected chi connectivity index (χ0v) is 8.10. The van der Waals surface area contributed by atoms with E-state index in [1.165, 1.54) is 4.90 Å². The molecule has 2 amide bonds. The standard InChI is InChI=1S/C9H12N2O4/c12-7-4-11(5-1-2-5)9(15)6(10-7)3-8(13)14/h5-6H,1-4H2,(H,10,12)(H,13,14)/t6-/m0/s1. The maximum atomic E-state index is 11.7. The summed E-state index contributed by atoms with van der Waals surface area (Å²) >= 11 is 0. The van der Waals surface area contributed by atoms with Crippen molar-refractivity contribution in [1.29, 1.82) is 0 Å². The molecule has 0 aromatic rings. The minimum atomic E-state index is -1.08. The van der Waals surface area contributed by atoms with E-state index in [9.17, 15) is 14.4 Å². The van der Waals surface area contributed by atoms with Gasteiger partial charge in [0, 0.05) is 6.04 Å². The van der Waals surface area contributed by atoms with Gasteiger partial charge in [-0.25, -0.2) is 0 Å². The van der Waals surface area contributed by atoms with E-state index in [-0.39, 0.29) is 30.8 Å². The van der Waals surface area contributed by atoms with Gasteiger partial charge in [0.15, 0.2) is 0 Å². The van der Waals surface area contributed by atoms with Gasteiger partial charge in [-0.1, -0.05) is 0 Å². The molecule has 2 aliphatic rings. The summed E-state index contributed by atoms with van der Waals surface area (Å²) in [6.45, 7) is 0.0691. The topological polar surface area (TPSA) is 86.7 Å². The third-order valence-corrected chi connectivity index (χ3v) is 2.60. The second-order valence-electron chi connectivity index (χ2n) is 3.92. The molecule has 82 valence electrons. The van der Waals surface area contributed by atoms with E-state index in [2.05, 4.69) is 5.32 Å². The van der Waals surface area contributed by atoms with Gasteiger partial charge in [0.25, 0.3) is 0 Å². The first-order chi connectivity index (χ1) is 7.08. The molecule has 1 atom stereocenters. The molecular formula is C9H12N2O4. The van der Waals surface area contributed by atoms with E-state index in [1.54, 1.807) is 0 Å². The van der Waals surface area contributed by atoms with Crippen molar-refractivity contribution in [3.8, 4) is 0 Å². The Hall–Kier alpha value is -1.59. The minimum Gasteiger partial charge on any atom is -0.481 e. The van der Waals surface area contributed by atoms with Crippen molar-refractivity contribution in [2.75, 3.05) is 6.54 Å². The maximum absolute atomic E-state index is 11.7. The number of hydrogen-bond acceptors (Lipinski definition) is 3. The Balaban J connectivity index is 2.06. The molecule has 1 saturated heterocycles. The zero-order valence-electron chi connectivity index (χ0n) is 8.10. The number of amides is 2. The highest BCUT2D eigenvalue weighted by Crippen LogP contribution is 2.28. The van der Waals surface area contributed by atoms with Crippen LogP contribution in [0.2, 0.25) is 0 Å².